The van der Waals surface area contributed by atoms with E-state index < -0.39 is 5.54 Å². The van der Waals surface area contributed by atoms with E-state index in [9.17, 15) is 4.79 Å². The second-order valence-electron chi connectivity index (χ2n) is 7.06. The van der Waals surface area contributed by atoms with Crippen LogP contribution >= 0.6 is 0 Å². The summed E-state index contributed by atoms with van der Waals surface area (Å²) in [5, 5.41) is 0. The van der Waals surface area contributed by atoms with Crippen LogP contribution in [-0.2, 0) is 27.4 Å². The van der Waals surface area contributed by atoms with E-state index in [2.05, 4.69) is 34.1 Å². The summed E-state index contributed by atoms with van der Waals surface area (Å²) in [5.74, 6) is -0.281. The molecule has 2 aliphatic rings. The molecule has 1 aromatic rings. The number of primary amides is 1. The lowest BCUT2D eigenvalue weighted by molar-refractivity contribution is -0.132. The van der Waals surface area contributed by atoms with Crippen molar-refractivity contribution in [3.63, 3.8) is 0 Å². The lowest BCUT2D eigenvalue weighted by Crippen LogP contribution is -2.56. The number of benzene rings is 1. The standard InChI is InChI=1S/C19H29N3O3/c1-24-15-19(18(20)23)6-3-7-22(19)14-17-5-2-4-16(12-17)13-21-8-10-25-11-9-21/h2,4-5,12H,3,6-11,13-15H2,1H3,(H2,20,23). The van der Waals surface area contributed by atoms with E-state index in [1.54, 1.807) is 7.11 Å². The Morgan fingerprint density at radius 1 is 1.24 bits per heavy atom. The van der Waals surface area contributed by atoms with Crippen molar-refractivity contribution in [1.82, 2.24) is 9.80 Å². The molecule has 0 aromatic heterocycles. The van der Waals surface area contributed by atoms with Crippen LogP contribution in [0.3, 0.4) is 0 Å². The third-order valence-corrected chi connectivity index (χ3v) is 5.34. The van der Waals surface area contributed by atoms with Gasteiger partial charge in [-0.05, 0) is 30.5 Å². The fraction of sp³-hybridized carbons (Fsp3) is 0.632. The van der Waals surface area contributed by atoms with Crippen molar-refractivity contribution in [3.8, 4) is 0 Å². The molecule has 2 fully saturated rings. The van der Waals surface area contributed by atoms with Gasteiger partial charge < -0.3 is 15.2 Å². The summed E-state index contributed by atoms with van der Waals surface area (Å²) in [4.78, 5) is 16.7. The van der Waals surface area contributed by atoms with Crippen LogP contribution in [0.15, 0.2) is 24.3 Å². The van der Waals surface area contributed by atoms with E-state index >= 15 is 0 Å². The first-order chi connectivity index (χ1) is 12.1. The molecule has 1 unspecified atom stereocenters. The molecule has 2 saturated heterocycles. The highest BCUT2D eigenvalue weighted by Crippen LogP contribution is 2.31. The van der Waals surface area contributed by atoms with Crippen LogP contribution in [0.1, 0.15) is 24.0 Å². The van der Waals surface area contributed by atoms with Crippen LogP contribution in [0, 0.1) is 0 Å². The Hall–Kier alpha value is -1.47. The maximum absolute atomic E-state index is 12.1. The number of hydrogen-bond acceptors (Lipinski definition) is 5. The van der Waals surface area contributed by atoms with Crippen LogP contribution in [0.25, 0.3) is 0 Å². The van der Waals surface area contributed by atoms with Gasteiger partial charge in [-0.25, -0.2) is 0 Å². The first-order valence-corrected chi connectivity index (χ1v) is 9.06. The second kappa shape index (κ2) is 8.27. The smallest absolute Gasteiger partial charge is 0.240 e. The summed E-state index contributed by atoms with van der Waals surface area (Å²) in [6.45, 7) is 6.48. The van der Waals surface area contributed by atoms with Crippen molar-refractivity contribution < 1.29 is 14.3 Å². The lowest BCUT2D eigenvalue weighted by Gasteiger charge is -2.35. The zero-order valence-corrected chi connectivity index (χ0v) is 15.1. The number of carbonyl (C=O) groups excluding carboxylic acids is 1. The fourth-order valence-corrected chi connectivity index (χ4v) is 3.98. The molecule has 0 spiro atoms. The molecule has 0 radical (unpaired) electrons. The molecule has 25 heavy (non-hydrogen) atoms. The Morgan fingerprint density at radius 3 is 2.64 bits per heavy atom. The molecular formula is C19H29N3O3. The average Bonchev–Trinajstić information content (AvgIpc) is 3.00. The first-order valence-electron chi connectivity index (χ1n) is 9.06. The highest BCUT2D eigenvalue weighted by atomic mass is 16.5. The van der Waals surface area contributed by atoms with Gasteiger partial charge in [0, 0.05) is 33.3 Å². The molecule has 1 amide bonds. The van der Waals surface area contributed by atoms with Gasteiger partial charge in [0.15, 0.2) is 0 Å². The monoisotopic (exact) mass is 347 g/mol. The average molecular weight is 347 g/mol. The minimum atomic E-state index is -0.672. The predicted molar refractivity (Wildman–Crippen MR) is 96.0 cm³/mol. The number of nitrogens with zero attached hydrogens (tertiary/aromatic N) is 2. The Balaban J connectivity index is 1.69. The van der Waals surface area contributed by atoms with E-state index in [-0.39, 0.29) is 5.91 Å². The number of methoxy groups -OCH3 is 1. The van der Waals surface area contributed by atoms with E-state index in [0.717, 1.165) is 58.8 Å². The molecule has 2 N–H and O–H groups in total. The lowest BCUT2D eigenvalue weighted by atomic mass is 9.95. The molecule has 1 atom stereocenters. The summed E-state index contributed by atoms with van der Waals surface area (Å²) >= 11 is 0. The largest absolute Gasteiger partial charge is 0.382 e. The third-order valence-electron chi connectivity index (χ3n) is 5.34. The second-order valence-corrected chi connectivity index (χ2v) is 7.06. The number of amides is 1. The van der Waals surface area contributed by atoms with Crippen molar-refractivity contribution in [3.05, 3.63) is 35.4 Å². The molecule has 0 bridgehead atoms. The van der Waals surface area contributed by atoms with Gasteiger partial charge >= 0.3 is 0 Å². The molecule has 0 saturated carbocycles. The first kappa shape index (κ1) is 18.3. The van der Waals surface area contributed by atoms with E-state index in [1.807, 2.05) is 0 Å². The minimum Gasteiger partial charge on any atom is -0.382 e. The van der Waals surface area contributed by atoms with Crippen LogP contribution < -0.4 is 5.73 Å². The Kier molecular flexibility index (Phi) is 6.06. The minimum absolute atomic E-state index is 0.281. The number of ether oxygens (including phenoxy) is 2. The van der Waals surface area contributed by atoms with Crippen molar-refractivity contribution in [2.75, 3.05) is 46.6 Å². The molecule has 2 heterocycles. The molecule has 138 valence electrons. The van der Waals surface area contributed by atoms with E-state index in [1.165, 1.54) is 11.1 Å². The third kappa shape index (κ3) is 4.20. The number of nitrogens with two attached hydrogens (primary N) is 1. The van der Waals surface area contributed by atoms with E-state index in [0.29, 0.717) is 6.61 Å². The van der Waals surface area contributed by atoms with Gasteiger partial charge in [0.2, 0.25) is 5.91 Å². The highest BCUT2D eigenvalue weighted by molar-refractivity contribution is 5.85. The number of carbonyl (C=O) groups is 1. The quantitative estimate of drug-likeness (QED) is 0.796. The predicted octanol–water partition coefficient (Wildman–Crippen LogP) is 0.985. The maximum atomic E-state index is 12.1. The SMILES string of the molecule is COCC1(C(N)=O)CCCN1Cc1cccc(CN2CCOCC2)c1. The molecule has 0 aliphatic carbocycles. The fourth-order valence-electron chi connectivity index (χ4n) is 3.98. The normalized spacial score (nSPS) is 25.3. The van der Waals surface area contributed by atoms with Gasteiger partial charge in [0.25, 0.3) is 0 Å². The summed E-state index contributed by atoms with van der Waals surface area (Å²) in [6.07, 6.45) is 1.74. The maximum Gasteiger partial charge on any atom is 0.240 e. The zero-order chi connectivity index (χ0) is 17.7. The summed E-state index contributed by atoms with van der Waals surface area (Å²) in [6, 6.07) is 8.63. The summed E-state index contributed by atoms with van der Waals surface area (Å²) in [5.41, 5.74) is 7.58. The molecule has 2 aliphatic heterocycles. The molecule has 3 rings (SSSR count). The van der Waals surface area contributed by atoms with Gasteiger partial charge in [-0.15, -0.1) is 0 Å². The Labute approximate surface area is 149 Å². The van der Waals surface area contributed by atoms with Crippen molar-refractivity contribution in [2.45, 2.75) is 31.5 Å². The number of likely N-dealkylation sites (tertiary alicyclic amines) is 1. The van der Waals surface area contributed by atoms with Crippen LogP contribution in [-0.4, -0.2) is 67.8 Å². The summed E-state index contributed by atoms with van der Waals surface area (Å²) in [7, 11) is 1.63. The van der Waals surface area contributed by atoms with Crippen molar-refractivity contribution in [1.29, 1.82) is 0 Å². The van der Waals surface area contributed by atoms with Crippen molar-refractivity contribution in [2.24, 2.45) is 5.73 Å². The van der Waals surface area contributed by atoms with Crippen LogP contribution in [0.5, 0.6) is 0 Å². The number of hydrogen-bond donors (Lipinski definition) is 1. The van der Waals surface area contributed by atoms with Gasteiger partial charge in [-0.2, -0.15) is 0 Å². The van der Waals surface area contributed by atoms with E-state index in [4.69, 9.17) is 15.2 Å². The molecule has 1 aromatic carbocycles. The van der Waals surface area contributed by atoms with Crippen LogP contribution in [0.2, 0.25) is 0 Å². The number of morpholine rings is 1. The highest BCUT2D eigenvalue weighted by Gasteiger charge is 2.46. The summed E-state index contributed by atoms with van der Waals surface area (Å²) < 4.78 is 10.7. The number of rotatable bonds is 7. The topological polar surface area (TPSA) is 68.0 Å². The van der Waals surface area contributed by atoms with Gasteiger partial charge in [-0.1, -0.05) is 24.3 Å². The molecular weight excluding hydrogens is 318 g/mol. The van der Waals surface area contributed by atoms with Crippen molar-refractivity contribution >= 4 is 5.91 Å². The molecule has 6 nitrogen and oxygen atoms in total. The molecule has 6 heteroatoms. The Morgan fingerprint density at radius 2 is 1.96 bits per heavy atom. The Bertz CT molecular complexity index is 589. The van der Waals surface area contributed by atoms with Gasteiger partial charge in [0.05, 0.1) is 19.8 Å². The van der Waals surface area contributed by atoms with Gasteiger partial charge in [0.1, 0.15) is 5.54 Å². The van der Waals surface area contributed by atoms with Crippen LogP contribution in [0.4, 0.5) is 0 Å². The zero-order valence-electron chi connectivity index (χ0n) is 15.1. The van der Waals surface area contributed by atoms with Gasteiger partial charge in [-0.3, -0.25) is 14.6 Å².